The maximum Gasteiger partial charge on any atom is 0.250 e. The van der Waals surface area contributed by atoms with E-state index in [2.05, 4.69) is 52.8 Å². The zero-order valence-electron chi connectivity index (χ0n) is 16.3. The predicted octanol–water partition coefficient (Wildman–Crippen LogP) is 7.72. The van der Waals surface area contributed by atoms with Crippen LogP contribution in [0.15, 0.2) is 48.5 Å². The smallest absolute Gasteiger partial charge is 0.209 e. The van der Waals surface area contributed by atoms with Gasteiger partial charge in [-0.25, -0.2) is 15.0 Å². The summed E-state index contributed by atoms with van der Waals surface area (Å²) in [4.78, 5) is 12.4. The summed E-state index contributed by atoms with van der Waals surface area (Å²) in [5, 5.41) is 0. The molecule has 160 valence electrons. The van der Waals surface area contributed by atoms with Crippen molar-refractivity contribution >= 4 is 69.6 Å². The van der Waals surface area contributed by atoms with E-state index in [-0.39, 0.29) is 17.5 Å². The van der Waals surface area contributed by atoms with Crippen molar-refractivity contribution in [2.75, 3.05) is 0 Å². The summed E-state index contributed by atoms with van der Waals surface area (Å²) in [5.41, 5.74) is 3.65. The Kier molecular flexibility index (Phi) is 7.64. The van der Waals surface area contributed by atoms with E-state index in [1.54, 1.807) is 12.1 Å². The molecule has 3 nitrogen and oxygen atoms in total. The fourth-order valence-electron chi connectivity index (χ4n) is 2.56. The van der Waals surface area contributed by atoms with Crippen molar-refractivity contribution in [3.63, 3.8) is 0 Å². The van der Waals surface area contributed by atoms with Crippen molar-refractivity contribution in [2.24, 2.45) is 0 Å². The largest absolute Gasteiger partial charge is 0.250 e. The van der Waals surface area contributed by atoms with Crippen LogP contribution < -0.4 is 0 Å². The molecule has 0 bridgehead atoms. The number of rotatable bonds is 2. The number of hydrogen-bond acceptors (Lipinski definition) is 3. The van der Waals surface area contributed by atoms with E-state index < -0.39 is 7.59 Å². The summed E-state index contributed by atoms with van der Waals surface area (Å²) in [6.45, 7) is 4.31. The first kappa shape index (κ1) is 24.4. The second kappa shape index (κ2) is 9.71. The van der Waals surface area contributed by atoms with Crippen molar-refractivity contribution in [1.29, 1.82) is 0 Å². The Morgan fingerprint density at radius 2 is 1.06 bits per heavy atom. The number of alkyl halides is 6. The molecule has 0 spiro atoms. The molecule has 0 unspecified atom stereocenters. The third-order valence-corrected chi connectivity index (χ3v) is 5.23. The molecule has 31 heavy (non-hydrogen) atoms. The standard InChI is InChI=1S/C22H15Cl6N3/c1-13(2)16-9-5-14(6-10-16)3-4-15-7-11-17(12-8-15)18-29-19(21(23,24)25)31-20(30-18)22(26,27)28/h5-13H,1-2H3. The van der Waals surface area contributed by atoms with E-state index in [9.17, 15) is 0 Å². The topological polar surface area (TPSA) is 38.7 Å². The van der Waals surface area contributed by atoms with Crippen LogP contribution in [0.5, 0.6) is 0 Å². The van der Waals surface area contributed by atoms with Gasteiger partial charge in [-0.2, -0.15) is 0 Å². The number of hydrogen-bond donors (Lipinski definition) is 0. The molecule has 2 aromatic carbocycles. The molecule has 3 rings (SSSR count). The summed E-state index contributed by atoms with van der Waals surface area (Å²) < 4.78 is -3.81. The highest BCUT2D eigenvalue weighted by molar-refractivity contribution is 6.67. The Bertz CT molecular complexity index is 1090. The average molecular weight is 534 g/mol. The van der Waals surface area contributed by atoms with Gasteiger partial charge < -0.3 is 0 Å². The summed E-state index contributed by atoms with van der Waals surface area (Å²) in [6.07, 6.45) is 0. The van der Waals surface area contributed by atoms with Crippen LogP contribution in [-0.4, -0.2) is 15.0 Å². The van der Waals surface area contributed by atoms with E-state index in [1.807, 2.05) is 24.3 Å². The van der Waals surface area contributed by atoms with Gasteiger partial charge in [0.25, 0.3) is 0 Å². The van der Waals surface area contributed by atoms with Crippen molar-refractivity contribution in [1.82, 2.24) is 15.0 Å². The lowest BCUT2D eigenvalue weighted by molar-refractivity contribution is 0.851. The molecule has 0 fully saturated rings. The SMILES string of the molecule is CC(C)c1ccc(C#Cc2ccc(-c3nc(C(Cl)(Cl)Cl)nc(C(Cl)(Cl)Cl)n3)cc2)cc1. The minimum Gasteiger partial charge on any atom is -0.209 e. The summed E-state index contributed by atoms with van der Waals surface area (Å²) in [7, 11) is 0. The van der Waals surface area contributed by atoms with Crippen LogP contribution in [0.4, 0.5) is 0 Å². The van der Waals surface area contributed by atoms with E-state index in [0.717, 1.165) is 11.1 Å². The van der Waals surface area contributed by atoms with Crippen molar-refractivity contribution in [3.8, 4) is 23.2 Å². The predicted molar refractivity (Wildman–Crippen MR) is 130 cm³/mol. The third kappa shape index (κ3) is 6.62. The van der Waals surface area contributed by atoms with Gasteiger partial charge in [0.05, 0.1) is 0 Å². The fraction of sp³-hybridized carbons (Fsp3) is 0.227. The average Bonchev–Trinajstić information content (AvgIpc) is 2.71. The highest BCUT2D eigenvalue weighted by atomic mass is 35.6. The molecule has 0 saturated heterocycles. The molecule has 0 aliphatic carbocycles. The second-order valence-electron chi connectivity index (χ2n) is 6.91. The lowest BCUT2D eigenvalue weighted by atomic mass is 10.0. The summed E-state index contributed by atoms with van der Waals surface area (Å²) >= 11 is 35.5. The van der Waals surface area contributed by atoms with Gasteiger partial charge >= 0.3 is 0 Å². The third-order valence-electron chi connectivity index (χ3n) is 4.21. The van der Waals surface area contributed by atoms with Crippen LogP contribution in [-0.2, 0) is 7.59 Å². The van der Waals surface area contributed by atoms with Gasteiger partial charge in [-0.1, -0.05) is 107 Å². The highest BCUT2D eigenvalue weighted by Crippen LogP contribution is 2.40. The molecule has 1 heterocycles. The summed E-state index contributed by atoms with van der Waals surface area (Å²) in [6, 6.07) is 15.4. The molecule has 0 aliphatic rings. The van der Waals surface area contributed by atoms with E-state index in [0.29, 0.717) is 11.5 Å². The van der Waals surface area contributed by atoms with Crippen molar-refractivity contribution < 1.29 is 0 Å². The van der Waals surface area contributed by atoms with Gasteiger partial charge in [-0.05, 0) is 47.9 Å². The monoisotopic (exact) mass is 531 g/mol. The van der Waals surface area contributed by atoms with E-state index in [1.165, 1.54) is 5.56 Å². The number of halogens is 6. The molecule has 0 radical (unpaired) electrons. The van der Waals surface area contributed by atoms with Gasteiger partial charge in [0.15, 0.2) is 17.5 Å². The first-order valence-corrected chi connectivity index (χ1v) is 11.3. The lowest BCUT2D eigenvalue weighted by Gasteiger charge is -2.15. The fourth-order valence-corrected chi connectivity index (χ4v) is 3.06. The van der Waals surface area contributed by atoms with Gasteiger partial charge in [-0.15, -0.1) is 0 Å². The molecule has 3 aromatic rings. The van der Waals surface area contributed by atoms with Crippen LogP contribution in [0, 0.1) is 11.8 Å². The molecule has 1 aromatic heterocycles. The Hall–Kier alpha value is -1.25. The molecular formula is C22H15Cl6N3. The van der Waals surface area contributed by atoms with Crippen LogP contribution in [0.25, 0.3) is 11.4 Å². The van der Waals surface area contributed by atoms with E-state index >= 15 is 0 Å². The van der Waals surface area contributed by atoms with E-state index in [4.69, 9.17) is 69.6 Å². The highest BCUT2D eigenvalue weighted by Gasteiger charge is 2.34. The zero-order valence-corrected chi connectivity index (χ0v) is 20.8. The quantitative estimate of drug-likeness (QED) is 0.250. The molecule has 9 heteroatoms. The Labute approximate surface area is 211 Å². The van der Waals surface area contributed by atoms with Crippen LogP contribution in [0.3, 0.4) is 0 Å². The second-order valence-corrected chi connectivity index (χ2v) is 11.5. The van der Waals surface area contributed by atoms with Gasteiger partial charge in [0.2, 0.25) is 7.59 Å². The summed E-state index contributed by atoms with van der Waals surface area (Å²) in [5.74, 6) is 6.69. The molecule has 0 amide bonds. The molecular weight excluding hydrogens is 519 g/mol. The van der Waals surface area contributed by atoms with Gasteiger partial charge in [0.1, 0.15) is 0 Å². The number of nitrogens with zero attached hydrogens (tertiary/aromatic N) is 3. The maximum atomic E-state index is 5.92. The number of benzene rings is 2. The number of aromatic nitrogens is 3. The first-order valence-electron chi connectivity index (χ1n) is 9.06. The van der Waals surface area contributed by atoms with Crippen LogP contribution in [0.2, 0.25) is 0 Å². The minimum atomic E-state index is -1.90. The molecule has 0 saturated carbocycles. The normalized spacial score (nSPS) is 11.9. The molecule has 0 atom stereocenters. The van der Waals surface area contributed by atoms with Crippen LogP contribution >= 0.6 is 69.6 Å². The van der Waals surface area contributed by atoms with Crippen molar-refractivity contribution in [2.45, 2.75) is 27.4 Å². The Morgan fingerprint density at radius 3 is 1.45 bits per heavy atom. The van der Waals surface area contributed by atoms with Crippen LogP contribution in [0.1, 0.15) is 48.1 Å². The Balaban J connectivity index is 1.90. The minimum absolute atomic E-state index is 0.141. The Morgan fingerprint density at radius 1 is 0.645 bits per heavy atom. The zero-order chi connectivity index (χ0) is 22.8. The first-order chi connectivity index (χ1) is 14.4. The molecule has 0 N–H and O–H groups in total. The van der Waals surface area contributed by atoms with Crippen molar-refractivity contribution in [3.05, 3.63) is 76.9 Å². The van der Waals surface area contributed by atoms with Gasteiger partial charge in [-0.3, -0.25) is 0 Å². The lowest BCUT2D eigenvalue weighted by Crippen LogP contribution is -2.16. The maximum absolute atomic E-state index is 5.92. The van der Waals surface area contributed by atoms with Gasteiger partial charge in [0, 0.05) is 16.7 Å². The molecule has 0 aliphatic heterocycles.